The van der Waals surface area contributed by atoms with Gasteiger partial charge >= 0.3 is 5.97 Å². The Bertz CT molecular complexity index is 848. The van der Waals surface area contributed by atoms with Crippen molar-refractivity contribution in [3.05, 3.63) is 57.0 Å². The van der Waals surface area contributed by atoms with Crippen LogP contribution in [-0.2, 0) is 10.0 Å². The summed E-state index contributed by atoms with van der Waals surface area (Å²) in [4.78, 5) is 12.7. The molecule has 0 spiro atoms. The van der Waals surface area contributed by atoms with Gasteiger partial charge in [0, 0.05) is 5.02 Å². The molecule has 0 amide bonds. The topological polar surface area (TPSA) is 95.5 Å². The van der Waals surface area contributed by atoms with Crippen molar-refractivity contribution in [1.82, 2.24) is 4.83 Å². The first kappa shape index (κ1) is 17.8. The quantitative estimate of drug-likeness (QED) is 0.672. The number of nitrogens with one attached hydrogen (secondary N) is 2. The maximum atomic E-state index is 12.2. The van der Waals surface area contributed by atoms with Crippen LogP contribution in [-0.4, -0.2) is 19.5 Å². The first-order chi connectivity index (χ1) is 10.7. The van der Waals surface area contributed by atoms with Crippen LogP contribution in [0.2, 0.25) is 15.1 Å². The summed E-state index contributed by atoms with van der Waals surface area (Å²) in [5.41, 5.74) is 2.35. The molecule has 0 heterocycles. The van der Waals surface area contributed by atoms with E-state index in [9.17, 15) is 13.2 Å². The molecule has 0 atom stereocenters. The van der Waals surface area contributed by atoms with E-state index < -0.39 is 16.0 Å². The van der Waals surface area contributed by atoms with Gasteiger partial charge in [-0.2, -0.15) is 0 Å². The largest absolute Gasteiger partial charge is 0.478 e. The number of rotatable bonds is 5. The molecule has 0 radical (unpaired) electrons. The van der Waals surface area contributed by atoms with Crippen LogP contribution in [0, 0.1) is 0 Å². The smallest absolute Gasteiger partial charge is 0.335 e. The van der Waals surface area contributed by atoms with Crippen molar-refractivity contribution in [2.45, 2.75) is 4.90 Å². The third kappa shape index (κ3) is 4.27. The minimum absolute atomic E-state index is 0.115. The molecule has 2 rings (SSSR count). The zero-order valence-corrected chi connectivity index (χ0v) is 14.3. The van der Waals surface area contributed by atoms with E-state index in [-0.39, 0.29) is 26.2 Å². The lowest BCUT2D eigenvalue weighted by atomic mass is 10.2. The van der Waals surface area contributed by atoms with E-state index in [1.807, 2.05) is 0 Å². The monoisotopic (exact) mass is 394 g/mol. The summed E-state index contributed by atoms with van der Waals surface area (Å²) in [6, 6.07) is 7.65. The van der Waals surface area contributed by atoms with Gasteiger partial charge in [0.2, 0.25) is 0 Å². The molecule has 0 aromatic heterocycles. The first-order valence-electron chi connectivity index (χ1n) is 5.96. The Morgan fingerprint density at radius 2 is 1.65 bits per heavy atom. The Kier molecular flexibility index (Phi) is 5.38. The third-order valence-electron chi connectivity index (χ3n) is 2.71. The van der Waals surface area contributed by atoms with Gasteiger partial charge in [-0.25, -0.2) is 13.2 Å². The number of carboxylic acids is 1. The van der Waals surface area contributed by atoms with E-state index in [0.717, 1.165) is 6.07 Å². The summed E-state index contributed by atoms with van der Waals surface area (Å²) < 4.78 is 24.4. The molecular formula is C13H9Cl3N2O4S. The summed E-state index contributed by atoms with van der Waals surface area (Å²) in [6.45, 7) is 0. The van der Waals surface area contributed by atoms with Crippen molar-refractivity contribution in [2.75, 3.05) is 5.43 Å². The molecule has 0 bridgehead atoms. The standard InChI is InChI=1S/C13H9Cl3N2O4S/c14-8-5-10(15)12(11(16)6-8)17-18-23(21,22)9-3-1-2-7(4-9)13(19)20/h1-6,17-18H,(H,19,20). The van der Waals surface area contributed by atoms with E-state index in [1.165, 1.54) is 30.3 Å². The fraction of sp³-hybridized carbons (Fsp3) is 0. The molecule has 6 nitrogen and oxygen atoms in total. The van der Waals surface area contributed by atoms with Crippen LogP contribution in [0.25, 0.3) is 0 Å². The Hall–Kier alpha value is -1.51. The molecule has 0 fully saturated rings. The lowest BCUT2D eigenvalue weighted by Crippen LogP contribution is -2.30. The van der Waals surface area contributed by atoms with Crippen LogP contribution < -0.4 is 10.3 Å². The maximum Gasteiger partial charge on any atom is 0.335 e. The number of anilines is 1. The van der Waals surface area contributed by atoms with Gasteiger partial charge in [0.1, 0.15) is 0 Å². The van der Waals surface area contributed by atoms with Crippen LogP contribution in [0.1, 0.15) is 10.4 Å². The lowest BCUT2D eigenvalue weighted by molar-refractivity contribution is 0.0696. The van der Waals surface area contributed by atoms with E-state index >= 15 is 0 Å². The summed E-state index contributed by atoms with van der Waals surface area (Å²) in [6.07, 6.45) is 0. The Labute approximate surface area is 147 Å². The van der Waals surface area contributed by atoms with Gasteiger partial charge in [0.15, 0.2) is 0 Å². The van der Waals surface area contributed by atoms with E-state index in [4.69, 9.17) is 39.9 Å². The zero-order chi connectivity index (χ0) is 17.2. The Morgan fingerprint density at radius 1 is 1.04 bits per heavy atom. The highest BCUT2D eigenvalue weighted by Crippen LogP contribution is 2.33. The van der Waals surface area contributed by atoms with Crippen LogP contribution in [0.15, 0.2) is 41.3 Å². The van der Waals surface area contributed by atoms with Crippen LogP contribution >= 0.6 is 34.8 Å². The highest BCUT2D eigenvalue weighted by Gasteiger charge is 2.17. The summed E-state index contributed by atoms with van der Waals surface area (Å²) in [5, 5.41) is 9.43. The van der Waals surface area contributed by atoms with Crippen molar-refractivity contribution in [3.63, 3.8) is 0 Å². The number of hydrogen-bond acceptors (Lipinski definition) is 4. The molecule has 2 aromatic carbocycles. The molecule has 122 valence electrons. The van der Waals surface area contributed by atoms with Gasteiger partial charge in [-0.3, -0.25) is 0 Å². The normalized spacial score (nSPS) is 11.3. The second kappa shape index (κ2) is 6.94. The number of benzene rings is 2. The number of hydrogen-bond donors (Lipinski definition) is 3. The minimum atomic E-state index is -4.03. The van der Waals surface area contributed by atoms with Crippen LogP contribution in [0.3, 0.4) is 0 Å². The SMILES string of the molecule is O=C(O)c1cccc(S(=O)(=O)NNc2c(Cl)cc(Cl)cc2Cl)c1. The van der Waals surface area contributed by atoms with Crippen molar-refractivity contribution < 1.29 is 18.3 Å². The van der Waals surface area contributed by atoms with E-state index in [0.29, 0.717) is 5.02 Å². The van der Waals surface area contributed by atoms with Gasteiger partial charge in [-0.15, -0.1) is 4.83 Å². The molecular weight excluding hydrogens is 387 g/mol. The van der Waals surface area contributed by atoms with Gasteiger partial charge < -0.3 is 10.5 Å². The third-order valence-corrected chi connectivity index (χ3v) is 4.77. The van der Waals surface area contributed by atoms with Crippen LogP contribution in [0.4, 0.5) is 5.69 Å². The molecule has 0 saturated carbocycles. The molecule has 2 aromatic rings. The number of halogens is 3. The first-order valence-corrected chi connectivity index (χ1v) is 8.58. The van der Waals surface area contributed by atoms with Gasteiger partial charge in [0.25, 0.3) is 10.0 Å². The molecule has 0 aliphatic carbocycles. The number of carbonyl (C=O) groups is 1. The van der Waals surface area contributed by atoms with Crippen LogP contribution in [0.5, 0.6) is 0 Å². The molecule has 0 unspecified atom stereocenters. The average molecular weight is 396 g/mol. The molecule has 10 heteroatoms. The van der Waals surface area contributed by atoms with E-state index in [2.05, 4.69) is 10.3 Å². The summed E-state index contributed by atoms with van der Waals surface area (Å²) >= 11 is 17.6. The number of aromatic carboxylic acids is 1. The molecule has 0 aliphatic heterocycles. The van der Waals surface area contributed by atoms with Crippen molar-refractivity contribution in [1.29, 1.82) is 0 Å². The Balaban J connectivity index is 2.26. The zero-order valence-electron chi connectivity index (χ0n) is 11.2. The minimum Gasteiger partial charge on any atom is -0.478 e. The maximum absolute atomic E-state index is 12.2. The van der Waals surface area contributed by atoms with Crippen molar-refractivity contribution >= 4 is 56.5 Å². The Morgan fingerprint density at radius 3 is 2.22 bits per heavy atom. The fourth-order valence-corrected chi connectivity index (χ4v) is 3.44. The predicted octanol–water partition coefficient (Wildman–Crippen LogP) is 3.65. The summed E-state index contributed by atoms with van der Waals surface area (Å²) in [5.74, 6) is -1.24. The second-order valence-electron chi connectivity index (χ2n) is 4.31. The number of carboxylic acid groups (broad SMARTS) is 1. The number of sulfonamides is 1. The van der Waals surface area contributed by atoms with Crippen molar-refractivity contribution in [3.8, 4) is 0 Å². The van der Waals surface area contributed by atoms with Gasteiger partial charge in [-0.05, 0) is 30.3 Å². The van der Waals surface area contributed by atoms with E-state index in [1.54, 1.807) is 0 Å². The lowest BCUT2D eigenvalue weighted by Gasteiger charge is -2.12. The number of hydrazine groups is 1. The highest BCUT2D eigenvalue weighted by atomic mass is 35.5. The van der Waals surface area contributed by atoms with Gasteiger partial charge in [-0.1, -0.05) is 40.9 Å². The molecule has 0 aliphatic rings. The second-order valence-corrected chi connectivity index (χ2v) is 7.24. The fourth-order valence-electron chi connectivity index (χ4n) is 1.64. The average Bonchev–Trinajstić information content (AvgIpc) is 2.46. The molecule has 0 saturated heterocycles. The summed E-state index contributed by atoms with van der Waals surface area (Å²) in [7, 11) is -4.03. The molecule has 23 heavy (non-hydrogen) atoms. The highest BCUT2D eigenvalue weighted by molar-refractivity contribution is 7.89. The molecule has 3 N–H and O–H groups in total. The van der Waals surface area contributed by atoms with Crippen molar-refractivity contribution in [2.24, 2.45) is 0 Å². The van der Waals surface area contributed by atoms with Gasteiger partial charge in [0.05, 0.1) is 26.2 Å². The predicted molar refractivity (Wildman–Crippen MR) is 88.8 cm³/mol.